The second-order valence-electron chi connectivity index (χ2n) is 2.22. The highest BCUT2D eigenvalue weighted by Crippen LogP contribution is 2.31. The average molecular weight is 222 g/mol. The van der Waals surface area contributed by atoms with E-state index >= 15 is 0 Å². The van der Waals surface area contributed by atoms with Gasteiger partial charge < -0.3 is 4.74 Å². The van der Waals surface area contributed by atoms with Crippen LogP contribution in [-0.2, 0) is 0 Å². The van der Waals surface area contributed by atoms with Crippen molar-refractivity contribution in [1.82, 2.24) is 0 Å². The summed E-state index contributed by atoms with van der Waals surface area (Å²) >= 11 is 5.45. The highest BCUT2D eigenvalue weighted by Gasteiger charge is 2.17. The van der Waals surface area contributed by atoms with Crippen LogP contribution in [0, 0.1) is 17.1 Å². The van der Waals surface area contributed by atoms with E-state index in [0.29, 0.717) is 0 Å². The third kappa shape index (κ3) is 2.09. The van der Waals surface area contributed by atoms with E-state index in [1.807, 2.05) is 0 Å². The first-order valence-corrected chi connectivity index (χ1v) is 3.77. The van der Waals surface area contributed by atoms with Crippen molar-refractivity contribution in [2.24, 2.45) is 0 Å². The fourth-order valence-corrected chi connectivity index (χ4v) is 1.04. The van der Waals surface area contributed by atoms with Crippen LogP contribution in [0.4, 0.5) is 13.2 Å². The molecule has 0 aromatic heterocycles. The molecule has 0 saturated carbocycles. The maximum absolute atomic E-state index is 12.9. The molecule has 0 fully saturated rings. The minimum atomic E-state index is -3.15. The molecule has 0 aliphatic heterocycles. The summed E-state index contributed by atoms with van der Waals surface area (Å²) in [7, 11) is 0. The molecule has 6 heteroatoms. The van der Waals surface area contributed by atoms with Gasteiger partial charge in [0.25, 0.3) is 0 Å². The van der Waals surface area contributed by atoms with Crippen LogP contribution < -0.4 is 4.74 Å². The minimum absolute atomic E-state index is 0.233. The van der Waals surface area contributed by atoms with Crippen molar-refractivity contribution in [2.75, 3.05) is 0 Å². The summed E-state index contributed by atoms with van der Waals surface area (Å²) in [6.07, 6.45) is 0. The first-order valence-electron chi connectivity index (χ1n) is 3.39. The molecule has 0 saturated heterocycles. The number of hydrogen-bond donors (Lipinski definition) is 0. The van der Waals surface area contributed by atoms with Crippen molar-refractivity contribution in [3.8, 4) is 11.8 Å². The maximum Gasteiger partial charge on any atom is 0.387 e. The van der Waals surface area contributed by atoms with Crippen molar-refractivity contribution in [2.45, 2.75) is 6.61 Å². The molecule has 0 heterocycles. The molecule has 0 unspecified atom stereocenters. The molecule has 0 N–H and O–H groups in total. The zero-order valence-corrected chi connectivity index (χ0v) is 7.36. The Morgan fingerprint density at radius 3 is 2.57 bits per heavy atom. The molecule has 1 aromatic rings. The van der Waals surface area contributed by atoms with Gasteiger partial charge in [-0.15, -0.1) is 0 Å². The number of nitrogens with zero attached hydrogens (tertiary/aromatic N) is 1. The highest BCUT2D eigenvalue weighted by atomic mass is 35.5. The van der Waals surface area contributed by atoms with Gasteiger partial charge in [-0.2, -0.15) is 14.0 Å². The van der Waals surface area contributed by atoms with E-state index in [1.54, 1.807) is 0 Å². The van der Waals surface area contributed by atoms with Crippen molar-refractivity contribution in [3.05, 3.63) is 28.5 Å². The average Bonchev–Trinajstić information content (AvgIpc) is 2.11. The Hall–Kier alpha value is -1.41. The lowest BCUT2D eigenvalue weighted by molar-refractivity contribution is -0.0501. The Labute approximate surface area is 82.5 Å². The number of benzene rings is 1. The van der Waals surface area contributed by atoms with E-state index in [1.165, 1.54) is 6.07 Å². The van der Waals surface area contributed by atoms with Crippen LogP contribution in [-0.4, -0.2) is 6.61 Å². The number of rotatable bonds is 2. The number of halogens is 4. The fraction of sp³-hybridized carbons (Fsp3) is 0.125. The van der Waals surface area contributed by atoms with E-state index in [4.69, 9.17) is 16.9 Å². The zero-order valence-electron chi connectivity index (χ0n) is 6.60. The van der Waals surface area contributed by atoms with E-state index in [2.05, 4.69) is 4.74 Å². The Morgan fingerprint density at radius 2 is 2.07 bits per heavy atom. The van der Waals surface area contributed by atoms with Gasteiger partial charge in [0.05, 0.1) is 5.02 Å². The summed E-state index contributed by atoms with van der Waals surface area (Å²) in [5, 5.41) is 8.23. The summed E-state index contributed by atoms with van der Waals surface area (Å²) in [5.74, 6) is -1.59. The van der Waals surface area contributed by atoms with E-state index in [9.17, 15) is 13.2 Å². The predicted molar refractivity (Wildman–Crippen MR) is 42.8 cm³/mol. The van der Waals surface area contributed by atoms with Gasteiger partial charge in [-0.05, 0) is 12.1 Å². The Kier molecular flexibility index (Phi) is 3.20. The minimum Gasteiger partial charge on any atom is -0.432 e. The van der Waals surface area contributed by atoms with Gasteiger partial charge in [0.15, 0.2) is 5.75 Å². The Bertz CT molecular complexity index is 389. The Balaban J connectivity index is 3.25. The molecular weight excluding hydrogens is 219 g/mol. The monoisotopic (exact) mass is 221 g/mol. The molecule has 0 spiro atoms. The quantitative estimate of drug-likeness (QED) is 0.769. The molecule has 0 bridgehead atoms. The van der Waals surface area contributed by atoms with Gasteiger partial charge in [-0.1, -0.05) is 11.6 Å². The predicted octanol–water partition coefficient (Wildman–Crippen LogP) is 2.95. The molecule has 14 heavy (non-hydrogen) atoms. The largest absolute Gasteiger partial charge is 0.432 e. The molecular formula is C8H3ClF3NO. The van der Waals surface area contributed by atoms with Crippen LogP contribution in [0.5, 0.6) is 5.75 Å². The lowest BCUT2D eigenvalue weighted by Crippen LogP contribution is -2.05. The van der Waals surface area contributed by atoms with Crippen molar-refractivity contribution in [1.29, 1.82) is 5.26 Å². The summed E-state index contributed by atoms with van der Waals surface area (Å²) < 4.78 is 40.5. The third-order valence-electron chi connectivity index (χ3n) is 1.38. The lowest BCUT2D eigenvalue weighted by Gasteiger charge is -2.08. The number of alkyl halides is 2. The number of ether oxygens (including phenoxy) is 1. The smallest absolute Gasteiger partial charge is 0.387 e. The molecule has 0 aliphatic rings. The van der Waals surface area contributed by atoms with Crippen molar-refractivity contribution in [3.63, 3.8) is 0 Å². The van der Waals surface area contributed by atoms with E-state index in [0.717, 1.165) is 12.1 Å². The van der Waals surface area contributed by atoms with Gasteiger partial charge >= 0.3 is 6.61 Å². The summed E-state index contributed by atoms with van der Waals surface area (Å²) in [5.41, 5.74) is -0.627. The molecule has 1 aromatic carbocycles. The second-order valence-corrected chi connectivity index (χ2v) is 2.63. The van der Waals surface area contributed by atoms with Crippen LogP contribution >= 0.6 is 11.6 Å². The normalized spacial score (nSPS) is 10.0. The zero-order chi connectivity index (χ0) is 10.7. The number of nitriles is 1. The van der Waals surface area contributed by atoms with Crippen LogP contribution in [0.25, 0.3) is 0 Å². The lowest BCUT2D eigenvalue weighted by atomic mass is 10.2. The van der Waals surface area contributed by atoms with Crippen LogP contribution in [0.2, 0.25) is 5.02 Å². The summed E-state index contributed by atoms with van der Waals surface area (Å²) in [6, 6.07) is 3.33. The molecule has 0 amide bonds. The van der Waals surface area contributed by atoms with Crippen LogP contribution in [0.3, 0.4) is 0 Å². The van der Waals surface area contributed by atoms with E-state index in [-0.39, 0.29) is 5.02 Å². The summed E-state index contributed by atoms with van der Waals surface area (Å²) in [6.45, 7) is -3.15. The van der Waals surface area contributed by atoms with Gasteiger partial charge in [-0.25, -0.2) is 4.39 Å². The van der Waals surface area contributed by atoms with Gasteiger partial charge in [0.2, 0.25) is 0 Å². The first kappa shape index (κ1) is 10.7. The molecule has 0 atom stereocenters. The fourth-order valence-electron chi connectivity index (χ4n) is 0.842. The van der Waals surface area contributed by atoms with Gasteiger partial charge in [-0.3, -0.25) is 0 Å². The number of hydrogen-bond acceptors (Lipinski definition) is 2. The highest BCUT2D eigenvalue weighted by molar-refractivity contribution is 6.32. The maximum atomic E-state index is 12.9. The molecule has 0 aliphatic carbocycles. The van der Waals surface area contributed by atoms with Crippen molar-refractivity contribution < 1.29 is 17.9 Å². The molecule has 2 nitrogen and oxygen atoms in total. The summed E-state index contributed by atoms with van der Waals surface area (Å²) in [4.78, 5) is 0. The SMILES string of the molecule is N#Cc1c(F)ccc(Cl)c1OC(F)F. The molecule has 0 radical (unpaired) electrons. The standard InChI is InChI=1S/C8H3ClF3NO/c9-5-1-2-6(10)4(3-13)7(5)14-8(11)12/h1-2,8H. The van der Waals surface area contributed by atoms with Crippen LogP contribution in [0.1, 0.15) is 5.56 Å². The topological polar surface area (TPSA) is 33.0 Å². The third-order valence-corrected chi connectivity index (χ3v) is 1.68. The first-order chi connectivity index (χ1) is 6.56. The second kappa shape index (κ2) is 4.20. The molecule has 1 rings (SSSR count). The van der Waals surface area contributed by atoms with Crippen LogP contribution in [0.15, 0.2) is 12.1 Å². The Morgan fingerprint density at radius 1 is 1.43 bits per heavy atom. The van der Waals surface area contributed by atoms with E-state index < -0.39 is 23.7 Å². The van der Waals surface area contributed by atoms with Crippen molar-refractivity contribution >= 4 is 11.6 Å². The molecule has 74 valence electrons. The van der Waals surface area contributed by atoms with Gasteiger partial charge in [0, 0.05) is 0 Å². The van der Waals surface area contributed by atoms with Gasteiger partial charge in [0.1, 0.15) is 17.4 Å².